The van der Waals surface area contributed by atoms with Crippen LogP contribution in [0.4, 0.5) is 18.9 Å². The fourth-order valence-electron chi connectivity index (χ4n) is 3.91. The Balaban J connectivity index is 1.39. The van der Waals surface area contributed by atoms with Crippen molar-refractivity contribution in [3.63, 3.8) is 0 Å². The number of fused-ring (bicyclic) bond motifs is 1. The maximum absolute atomic E-state index is 12.7. The van der Waals surface area contributed by atoms with Gasteiger partial charge < -0.3 is 10.6 Å². The van der Waals surface area contributed by atoms with Crippen LogP contribution in [0.1, 0.15) is 28.3 Å². The van der Waals surface area contributed by atoms with Gasteiger partial charge in [-0.15, -0.1) is 0 Å². The van der Waals surface area contributed by atoms with Crippen molar-refractivity contribution in [2.24, 2.45) is 0 Å². The Kier molecular flexibility index (Phi) is 6.80. The normalized spacial score (nSPS) is 14.9. The second-order valence-electron chi connectivity index (χ2n) is 7.80. The number of nitrogens with zero attached hydrogens (tertiary/aromatic N) is 1. The van der Waals surface area contributed by atoms with E-state index < -0.39 is 23.6 Å². The number of hydrogen-bond acceptors (Lipinski definition) is 4. The SMILES string of the molecule is O=C(NC[C@H](c1ccsc1)N1CCc2ccccc2C1)C(=O)Nc1ccc(C(F)(F)F)cc1. The van der Waals surface area contributed by atoms with E-state index >= 15 is 0 Å². The summed E-state index contributed by atoms with van der Waals surface area (Å²) in [4.78, 5) is 27.0. The molecule has 2 N–H and O–H groups in total. The number of rotatable bonds is 5. The largest absolute Gasteiger partial charge is 0.416 e. The van der Waals surface area contributed by atoms with E-state index in [4.69, 9.17) is 0 Å². The molecule has 33 heavy (non-hydrogen) atoms. The van der Waals surface area contributed by atoms with Crippen LogP contribution in [-0.4, -0.2) is 29.8 Å². The van der Waals surface area contributed by atoms with Crippen LogP contribution in [0.3, 0.4) is 0 Å². The Hall–Kier alpha value is -3.17. The van der Waals surface area contributed by atoms with E-state index in [1.807, 2.05) is 29.0 Å². The number of benzene rings is 2. The van der Waals surface area contributed by atoms with Gasteiger partial charge >= 0.3 is 18.0 Å². The van der Waals surface area contributed by atoms with Gasteiger partial charge in [-0.25, -0.2) is 0 Å². The van der Waals surface area contributed by atoms with Crippen LogP contribution in [0.5, 0.6) is 0 Å². The topological polar surface area (TPSA) is 61.4 Å². The Morgan fingerprint density at radius 2 is 1.73 bits per heavy atom. The maximum atomic E-state index is 12.7. The van der Waals surface area contributed by atoms with Crippen molar-refractivity contribution in [2.75, 3.05) is 18.4 Å². The van der Waals surface area contributed by atoms with E-state index in [9.17, 15) is 22.8 Å². The van der Waals surface area contributed by atoms with Gasteiger partial charge in [-0.3, -0.25) is 14.5 Å². The zero-order chi connectivity index (χ0) is 23.4. The minimum atomic E-state index is -4.47. The Labute approximate surface area is 193 Å². The Bertz CT molecular complexity index is 1110. The molecule has 3 aromatic rings. The first-order valence-corrected chi connectivity index (χ1v) is 11.3. The zero-order valence-corrected chi connectivity index (χ0v) is 18.4. The van der Waals surface area contributed by atoms with E-state index in [-0.39, 0.29) is 18.3 Å². The highest BCUT2D eigenvalue weighted by molar-refractivity contribution is 7.08. The lowest BCUT2D eigenvalue weighted by Gasteiger charge is -2.35. The lowest BCUT2D eigenvalue weighted by Crippen LogP contribution is -2.43. The highest BCUT2D eigenvalue weighted by Gasteiger charge is 2.30. The number of carbonyl (C=O) groups is 2. The summed E-state index contributed by atoms with van der Waals surface area (Å²) in [5.74, 6) is -1.77. The number of hydrogen-bond donors (Lipinski definition) is 2. The molecule has 0 unspecified atom stereocenters. The predicted octanol–water partition coefficient (Wildman–Crippen LogP) is 4.62. The second kappa shape index (κ2) is 9.76. The Morgan fingerprint density at radius 1 is 1.00 bits per heavy atom. The molecular formula is C24H22F3N3O2S. The van der Waals surface area contributed by atoms with Crippen LogP contribution in [-0.2, 0) is 28.7 Å². The van der Waals surface area contributed by atoms with E-state index in [0.717, 1.165) is 49.3 Å². The third-order valence-electron chi connectivity index (χ3n) is 5.66. The average molecular weight is 474 g/mol. The fraction of sp³-hybridized carbons (Fsp3) is 0.250. The molecule has 2 heterocycles. The average Bonchev–Trinajstić information content (AvgIpc) is 3.33. The molecule has 0 spiro atoms. The molecule has 0 bridgehead atoms. The van der Waals surface area contributed by atoms with Gasteiger partial charge in [0.05, 0.1) is 11.6 Å². The molecule has 2 aromatic carbocycles. The van der Waals surface area contributed by atoms with Crippen LogP contribution < -0.4 is 10.6 Å². The third-order valence-corrected chi connectivity index (χ3v) is 6.36. The first-order chi connectivity index (χ1) is 15.8. The maximum Gasteiger partial charge on any atom is 0.416 e. The summed E-state index contributed by atoms with van der Waals surface area (Å²) >= 11 is 1.56. The smallest absolute Gasteiger partial charge is 0.346 e. The minimum absolute atomic E-state index is 0.104. The molecule has 1 aliphatic rings. The molecule has 2 amide bonds. The minimum Gasteiger partial charge on any atom is -0.346 e. The summed E-state index contributed by atoms with van der Waals surface area (Å²) < 4.78 is 38.1. The number of alkyl halides is 3. The third kappa shape index (κ3) is 5.61. The van der Waals surface area contributed by atoms with E-state index in [1.54, 1.807) is 11.3 Å². The van der Waals surface area contributed by atoms with Crippen LogP contribution in [0, 0.1) is 0 Å². The lowest BCUT2D eigenvalue weighted by molar-refractivity contribution is -0.137. The summed E-state index contributed by atoms with van der Waals surface area (Å²) in [6.07, 6.45) is -3.56. The van der Waals surface area contributed by atoms with Crippen molar-refractivity contribution in [3.05, 3.63) is 87.6 Å². The van der Waals surface area contributed by atoms with Crippen LogP contribution in [0.25, 0.3) is 0 Å². The van der Waals surface area contributed by atoms with Crippen molar-refractivity contribution in [1.82, 2.24) is 10.2 Å². The summed E-state index contributed by atoms with van der Waals surface area (Å²) in [5, 5.41) is 9.02. The molecule has 0 saturated carbocycles. The lowest BCUT2D eigenvalue weighted by atomic mass is 9.97. The number of anilines is 1. The van der Waals surface area contributed by atoms with Crippen molar-refractivity contribution in [2.45, 2.75) is 25.2 Å². The van der Waals surface area contributed by atoms with Gasteiger partial charge in [0.25, 0.3) is 0 Å². The van der Waals surface area contributed by atoms with Crippen LogP contribution in [0.15, 0.2) is 65.4 Å². The molecule has 172 valence electrons. The van der Waals surface area contributed by atoms with Gasteiger partial charge in [0.1, 0.15) is 0 Å². The molecule has 0 radical (unpaired) electrons. The van der Waals surface area contributed by atoms with Crippen LogP contribution in [0.2, 0.25) is 0 Å². The fourth-order valence-corrected chi connectivity index (χ4v) is 4.61. The van der Waals surface area contributed by atoms with Gasteiger partial charge in [0, 0.05) is 25.3 Å². The number of nitrogens with one attached hydrogen (secondary N) is 2. The van der Waals surface area contributed by atoms with Gasteiger partial charge in [0.15, 0.2) is 0 Å². The Morgan fingerprint density at radius 3 is 2.39 bits per heavy atom. The molecular weight excluding hydrogens is 451 g/mol. The summed E-state index contributed by atoms with van der Waals surface area (Å²) in [6.45, 7) is 1.80. The first kappa shape index (κ1) is 23.0. The quantitative estimate of drug-likeness (QED) is 0.532. The molecule has 1 aliphatic heterocycles. The number of amides is 2. The first-order valence-electron chi connectivity index (χ1n) is 10.4. The van der Waals surface area contributed by atoms with E-state index in [0.29, 0.717) is 0 Å². The molecule has 1 atom stereocenters. The molecule has 0 aliphatic carbocycles. The number of carbonyl (C=O) groups excluding carboxylic acids is 2. The zero-order valence-electron chi connectivity index (χ0n) is 17.6. The molecule has 1 aromatic heterocycles. The molecule has 5 nitrogen and oxygen atoms in total. The van der Waals surface area contributed by atoms with Crippen molar-refractivity contribution < 1.29 is 22.8 Å². The van der Waals surface area contributed by atoms with Crippen molar-refractivity contribution >= 4 is 28.8 Å². The van der Waals surface area contributed by atoms with Crippen molar-refractivity contribution in [1.29, 1.82) is 0 Å². The van der Waals surface area contributed by atoms with Gasteiger partial charge in [0.2, 0.25) is 0 Å². The summed E-state index contributed by atoms with van der Waals surface area (Å²) in [5.41, 5.74) is 2.91. The molecule has 4 rings (SSSR count). The predicted molar refractivity (Wildman–Crippen MR) is 121 cm³/mol. The highest BCUT2D eigenvalue weighted by Crippen LogP contribution is 2.30. The number of halogens is 3. The highest BCUT2D eigenvalue weighted by atomic mass is 32.1. The van der Waals surface area contributed by atoms with Crippen molar-refractivity contribution in [3.8, 4) is 0 Å². The monoisotopic (exact) mass is 473 g/mol. The summed E-state index contributed by atoms with van der Waals surface area (Å²) in [7, 11) is 0. The molecule has 0 saturated heterocycles. The van der Waals surface area contributed by atoms with E-state index in [2.05, 4.69) is 27.7 Å². The van der Waals surface area contributed by atoms with Crippen LogP contribution >= 0.6 is 11.3 Å². The molecule has 0 fully saturated rings. The van der Waals surface area contributed by atoms with Gasteiger partial charge in [-0.2, -0.15) is 24.5 Å². The standard InChI is InChI=1S/C24H22F3N3O2S/c25-24(26,27)19-5-7-20(8-6-19)29-23(32)22(31)28-13-21(18-10-12-33-15-18)30-11-9-16-3-1-2-4-17(16)14-30/h1-8,10,12,15,21H,9,11,13-14H2,(H,28,31)(H,29,32)/t21-/m1/s1. The summed E-state index contributed by atoms with van der Waals surface area (Å²) in [6, 6.07) is 14.1. The number of thiophene rings is 1. The van der Waals surface area contributed by atoms with E-state index in [1.165, 1.54) is 11.1 Å². The second-order valence-corrected chi connectivity index (χ2v) is 8.58. The van der Waals surface area contributed by atoms with Gasteiger partial charge in [-0.1, -0.05) is 24.3 Å². The van der Waals surface area contributed by atoms with Gasteiger partial charge in [-0.05, 0) is 64.2 Å². The molecule has 9 heteroatoms.